The third-order valence-electron chi connectivity index (χ3n) is 9.24. The molecule has 44 heavy (non-hydrogen) atoms. The average molecular weight is 577 g/mol. The molecule has 0 unspecified atom stereocenters. The summed E-state index contributed by atoms with van der Waals surface area (Å²) in [6.45, 7) is 0. The highest BCUT2D eigenvalue weighted by atomic mass is 32.1. The summed E-state index contributed by atoms with van der Waals surface area (Å²) in [4.78, 5) is 0. The van der Waals surface area contributed by atoms with Gasteiger partial charge in [0.05, 0.1) is 0 Å². The van der Waals surface area contributed by atoms with Gasteiger partial charge >= 0.3 is 0 Å². The van der Waals surface area contributed by atoms with Gasteiger partial charge in [-0.05, 0) is 79.5 Å². The van der Waals surface area contributed by atoms with Gasteiger partial charge in [0.1, 0.15) is 11.2 Å². The monoisotopic (exact) mass is 576 g/mol. The second kappa shape index (κ2) is 9.03. The summed E-state index contributed by atoms with van der Waals surface area (Å²) in [7, 11) is 0. The zero-order valence-corrected chi connectivity index (χ0v) is 24.5. The smallest absolute Gasteiger partial charge is 0.136 e. The topological polar surface area (TPSA) is 13.1 Å². The van der Waals surface area contributed by atoms with Crippen LogP contribution in [0.2, 0.25) is 0 Å². The van der Waals surface area contributed by atoms with Crippen molar-refractivity contribution in [1.82, 2.24) is 0 Å². The molecule has 0 radical (unpaired) electrons. The van der Waals surface area contributed by atoms with Gasteiger partial charge in [0.2, 0.25) is 0 Å². The van der Waals surface area contributed by atoms with Crippen molar-refractivity contribution in [2.45, 2.75) is 0 Å². The predicted molar refractivity (Wildman–Crippen MR) is 190 cm³/mol. The molecule has 0 atom stereocenters. The Kier molecular flexibility index (Phi) is 4.94. The first-order valence-electron chi connectivity index (χ1n) is 15.0. The second-order valence-corrected chi connectivity index (χ2v) is 12.7. The van der Waals surface area contributed by atoms with Crippen molar-refractivity contribution in [1.29, 1.82) is 0 Å². The van der Waals surface area contributed by atoms with Gasteiger partial charge in [-0.1, -0.05) is 115 Å². The van der Waals surface area contributed by atoms with E-state index in [9.17, 15) is 0 Å². The van der Waals surface area contributed by atoms with Gasteiger partial charge in [0.25, 0.3) is 0 Å². The molecule has 0 spiro atoms. The summed E-state index contributed by atoms with van der Waals surface area (Å²) in [5, 5.41) is 12.5. The predicted octanol–water partition coefficient (Wildman–Crippen LogP) is 12.7. The Morgan fingerprint density at radius 2 is 0.977 bits per heavy atom. The van der Waals surface area contributed by atoms with E-state index in [1.807, 2.05) is 11.3 Å². The summed E-state index contributed by atoms with van der Waals surface area (Å²) < 4.78 is 9.31. The Morgan fingerprint density at radius 3 is 1.70 bits per heavy atom. The lowest BCUT2D eigenvalue weighted by atomic mass is 9.86. The molecule has 10 aromatic rings. The van der Waals surface area contributed by atoms with Crippen molar-refractivity contribution in [3.05, 3.63) is 146 Å². The standard InChI is InChI=1S/C42H24OS/c1-2-10-25(11-3-1)38-28-12-4-6-14-30(28)39(31-15-7-5-13-29(31)38)27-18-21-32-35(24-27)43-34-22-19-26-20-23-37-42(40(26)41(32)34)33-16-8-9-17-36(33)44-37/h1-24H. The molecule has 0 saturated carbocycles. The summed E-state index contributed by atoms with van der Waals surface area (Å²) in [6, 6.07) is 52.8. The van der Waals surface area contributed by atoms with Crippen molar-refractivity contribution in [2.24, 2.45) is 0 Å². The molecule has 0 aliphatic carbocycles. The Hall–Kier alpha value is -5.44. The zero-order chi connectivity index (χ0) is 28.8. The van der Waals surface area contributed by atoms with Crippen molar-refractivity contribution >= 4 is 85.8 Å². The minimum atomic E-state index is 0.918. The van der Waals surface area contributed by atoms with Crippen LogP contribution in [0.4, 0.5) is 0 Å². The highest BCUT2D eigenvalue weighted by Gasteiger charge is 2.19. The highest BCUT2D eigenvalue weighted by Crippen LogP contribution is 2.47. The third kappa shape index (κ3) is 3.29. The minimum Gasteiger partial charge on any atom is -0.456 e. The molecule has 204 valence electrons. The fourth-order valence-corrected chi connectivity index (χ4v) is 8.52. The van der Waals surface area contributed by atoms with E-state index in [-0.39, 0.29) is 0 Å². The van der Waals surface area contributed by atoms with E-state index < -0.39 is 0 Å². The third-order valence-corrected chi connectivity index (χ3v) is 10.4. The molecule has 0 aliphatic rings. The van der Waals surface area contributed by atoms with E-state index in [1.54, 1.807) is 0 Å². The summed E-state index contributed by atoms with van der Waals surface area (Å²) in [5.41, 5.74) is 6.78. The molecular weight excluding hydrogens is 553 g/mol. The van der Waals surface area contributed by atoms with Crippen LogP contribution in [0.15, 0.2) is 150 Å². The molecular formula is C42H24OS. The van der Waals surface area contributed by atoms with E-state index >= 15 is 0 Å². The van der Waals surface area contributed by atoms with E-state index in [0.717, 1.165) is 16.6 Å². The van der Waals surface area contributed by atoms with Crippen LogP contribution in [0.1, 0.15) is 0 Å². The lowest BCUT2D eigenvalue weighted by Gasteiger charge is -2.17. The van der Waals surface area contributed by atoms with Crippen LogP contribution in [0.5, 0.6) is 0 Å². The Balaban J connectivity index is 1.30. The number of rotatable bonds is 2. The van der Waals surface area contributed by atoms with Crippen LogP contribution in [0.25, 0.3) is 96.7 Å². The van der Waals surface area contributed by atoms with Gasteiger partial charge in [-0.3, -0.25) is 0 Å². The number of hydrogen-bond donors (Lipinski definition) is 0. The van der Waals surface area contributed by atoms with Gasteiger partial charge in [-0.15, -0.1) is 11.3 Å². The van der Waals surface area contributed by atoms with Gasteiger partial charge in [-0.2, -0.15) is 0 Å². The first-order chi connectivity index (χ1) is 21.8. The summed E-state index contributed by atoms with van der Waals surface area (Å²) >= 11 is 1.86. The lowest BCUT2D eigenvalue weighted by Crippen LogP contribution is -1.90. The van der Waals surface area contributed by atoms with Gasteiger partial charge in [-0.25, -0.2) is 0 Å². The van der Waals surface area contributed by atoms with Crippen molar-refractivity contribution < 1.29 is 4.42 Å². The lowest BCUT2D eigenvalue weighted by molar-refractivity contribution is 0.669. The molecule has 8 aromatic carbocycles. The number of benzene rings is 8. The number of hydrogen-bond acceptors (Lipinski definition) is 2. The van der Waals surface area contributed by atoms with Crippen LogP contribution in [0, 0.1) is 0 Å². The molecule has 0 bridgehead atoms. The number of fused-ring (bicyclic) bond motifs is 11. The molecule has 2 aromatic heterocycles. The van der Waals surface area contributed by atoms with Gasteiger partial charge in [0.15, 0.2) is 0 Å². The fourth-order valence-electron chi connectivity index (χ4n) is 7.41. The minimum absolute atomic E-state index is 0.918. The quantitative estimate of drug-likeness (QED) is 0.187. The van der Waals surface area contributed by atoms with E-state index in [1.165, 1.54) is 80.1 Å². The van der Waals surface area contributed by atoms with Crippen LogP contribution < -0.4 is 0 Å². The van der Waals surface area contributed by atoms with Crippen molar-refractivity contribution in [3.63, 3.8) is 0 Å². The maximum atomic E-state index is 6.68. The molecule has 0 amide bonds. The van der Waals surface area contributed by atoms with E-state index in [2.05, 4.69) is 146 Å². The molecule has 10 rings (SSSR count). The van der Waals surface area contributed by atoms with Crippen LogP contribution in [-0.2, 0) is 0 Å². The molecule has 0 saturated heterocycles. The molecule has 0 fully saturated rings. The summed E-state index contributed by atoms with van der Waals surface area (Å²) in [6.07, 6.45) is 0. The van der Waals surface area contributed by atoms with Crippen LogP contribution in [-0.4, -0.2) is 0 Å². The Bertz CT molecular complexity index is 2710. The van der Waals surface area contributed by atoms with Crippen molar-refractivity contribution in [3.8, 4) is 22.3 Å². The Labute approximate surface area is 257 Å². The normalized spacial score (nSPS) is 12.1. The first kappa shape index (κ1) is 24.0. The molecule has 1 nitrogen and oxygen atoms in total. The van der Waals surface area contributed by atoms with Gasteiger partial charge < -0.3 is 4.42 Å². The molecule has 2 heterocycles. The summed E-state index contributed by atoms with van der Waals surface area (Å²) in [5.74, 6) is 0. The molecule has 2 heteroatoms. The van der Waals surface area contributed by atoms with Crippen molar-refractivity contribution in [2.75, 3.05) is 0 Å². The molecule has 0 aliphatic heterocycles. The fraction of sp³-hybridized carbons (Fsp3) is 0. The van der Waals surface area contributed by atoms with E-state index in [0.29, 0.717) is 0 Å². The molecule has 0 N–H and O–H groups in total. The maximum absolute atomic E-state index is 6.68. The highest BCUT2D eigenvalue weighted by molar-refractivity contribution is 7.26. The average Bonchev–Trinajstić information content (AvgIpc) is 3.65. The van der Waals surface area contributed by atoms with Crippen LogP contribution in [0.3, 0.4) is 0 Å². The first-order valence-corrected chi connectivity index (χ1v) is 15.8. The van der Waals surface area contributed by atoms with E-state index in [4.69, 9.17) is 4.42 Å². The largest absolute Gasteiger partial charge is 0.456 e. The zero-order valence-electron chi connectivity index (χ0n) is 23.7. The maximum Gasteiger partial charge on any atom is 0.136 e. The second-order valence-electron chi connectivity index (χ2n) is 11.6. The number of thiophene rings is 1. The van der Waals surface area contributed by atoms with Crippen LogP contribution >= 0.6 is 11.3 Å². The SMILES string of the molecule is c1ccc(-c2c3ccccc3c(-c3ccc4c(c3)oc3ccc5ccc6sc7ccccc7c6c5c34)c3ccccc23)cc1. The Morgan fingerprint density at radius 1 is 0.364 bits per heavy atom. The number of furan rings is 1. The van der Waals surface area contributed by atoms with Gasteiger partial charge in [0, 0.05) is 36.3 Å².